The maximum Gasteiger partial charge on any atom is 0.251 e. The van der Waals surface area contributed by atoms with E-state index < -0.39 is 0 Å². The molecule has 0 saturated carbocycles. The van der Waals surface area contributed by atoms with Gasteiger partial charge in [0.2, 0.25) is 0 Å². The lowest BCUT2D eigenvalue weighted by molar-refractivity contribution is 0.0953. The third-order valence-electron chi connectivity index (χ3n) is 4.74. The summed E-state index contributed by atoms with van der Waals surface area (Å²) in [5.41, 5.74) is 8.43. The van der Waals surface area contributed by atoms with Crippen LogP contribution in [0.2, 0.25) is 5.02 Å². The Hall–Kier alpha value is -2.57. The van der Waals surface area contributed by atoms with Crippen molar-refractivity contribution in [3.05, 3.63) is 58.6 Å². The summed E-state index contributed by atoms with van der Waals surface area (Å²) in [6, 6.07) is 12.9. The number of amides is 1. The normalized spacial score (nSPS) is 15.2. The average Bonchev–Trinajstić information content (AvgIpc) is 2.71. The topological polar surface area (TPSA) is 88.7 Å². The molecule has 7 heteroatoms. The molecule has 0 saturated heterocycles. The van der Waals surface area contributed by atoms with Crippen LogP contribution in [-0.4, -0.2) is 30.9 Å². The summed E-state index contributed by atoms with van der Waals surface area (Å²) in [4.78, 5) is 16.4. The van der Waals surface area contributed by atoms with Crippen LogP contribution in [0, 0.1) is 0 Å². The van der Waals surface area contributed by atoms with Crippen molar-refractivity contribution < 1.29 is 9.53 Å². The zero-order valence-corrected chi connectivity index (χ0v) is 17.3. The molecule has 1 unspecified atom stereocenters. The Morgan fingerprint density at radius 1 is 1.14 bits per heavy atom. The number of nitrogens with zero attached hydrogens (tertiary/aromatic N) is 1. The van der Waals surface area contributed by atoms with Gasteiger partial charge in [0.25, 0.3) is 5.91 Å². The van der Waals surface area contributed by atoms with Crippen molar-refractivity contribution in [3.8, 4) is 5.75 Å². The fourth-order valence-electron chi connectivity index (χ4n) is 3.03. The average molecular weight is 415 g/mol. The predicted octanol–water partition coefficient (Wildman–Crippen LogP) is 3.80. The number of fused-ring (bicyclic) bond motifs is 1. The van der Waals surface area contributed by atoms with Crippen LogP contribution in [0.1, 0.15) is 42.1 Å². The maximum atomic E-state index is 12.0. The van der Waals surface area contributed by atoms with E-state index in [1.165, 1.54) is 0 Å². The SMILES string of the molecule is CC1Oc2ccc(CNCCCCCNC(=O)c3ccc(Cl)cc3)cc2N=C1N. The van der Waals surface area contributed by atoms with Crippen molar-refractivity contribution in [1.29, 1.82) is 0 Å². The van der Waals surface area contributed by atoms with Crippen molar-refractivity contribution >= 4 is 29.0 Å². The van der Waals surface area contributed by atoms with E-state index in [1.54, 1.807) is 24.3 Å². The zero-order valence-electron chi connectivity index (χ0n) is 16.6. The summed E-state index contributed by atoms with van der Waals surface area (Å²) >= 11 is 5.83. The molecule has 1 amide bonds. The highest BCUT2D eigenvalue weighted by Crippen LogP contribution is 2.32. The minimum atomic E-state index is -0.178. The van der Waals surface area contributed by atoms with Crippen LogP contribution in [-0.2, 0) is 6.54 Å². The minimum absolute atomic E-state index is 0.0612. The number of carbonyl (C=O) groups excluding carboxylic acids is 1. The van der Waals surface area contributed by atoms with E-state index in [0.29, 0.717) is 23.0 Å². The number of halogens is 1. The number of nitrogens with one attached hydrogen (secondary N) is 2. The van der Waals surface area contributed by atoms with Gasteiger partial charge in [0, 0.05) is 23.7 Å². The highest BCUT2D eigenvalue weighted by atomic mass is 35.5. The Balaban J connectivity index is 1.29. The molecule has 1 aliphatic heterocycles. The van der Waals surface area contributed by atoms with E-state index in [1.807, 2.05) is 25.1 Å². The van der Waals surface area contributed by atoms with Crippen molar-refractivity contribution in [1.82, 2.24) is 10.6 Å². The number of unbranched alkanes of at least 4 members (excludes halogenated alkanes) is 2. The summed E-state index contributed by atoms with van der Waals surface area (Å²) in [6.07, 6.45) is 2.86. The highest BCUT2D eigenvalue weighted by molar-refractivity contribution is 6.30. The Kier molecular flexibility index (Phi) is 7.49. The summed E-state index contributed by atoms with van der Waals surface area (Å²) in [5.74, 6) is 1.22. The van der Waals surface area contributed by atoms with Crippen molar-refractivity contribution in [2.75, 3.05) is 13.1 Å². The van der Waals surface area contributed by atoms with E-state index in [-0.39, 0.29) is 12.0 Å². The molecular weight excluding hydrogens is 388 g/mol. The van der Waals surface area contributed by atoms with Gasteiger partial charge in [0.15, 0.2) is 6.10 Å². The highest BCUT2D eigenvalue weighted by Gasteiger charge is 2.18. The van der Waals surface area contributed by atoms with Gasteiger partial charge in [-0.3, -0.25) is 4.79 Å². The first kappa shape index (κ1) is 21.1. The fourth-order valence-corrected chi connectivity index (χ4v) is 3.16. The molecule has 4 N–H and O–H groups in total. The first-order valence-electron chi connectivity index (χ1n) is 9.91. The fraction of sp³-hybridized carbons (Fsp3) is 0.364. The molecular formula is C22H27ClN4O2. The number of hydrogen-bond acceptors (Lipinski definition) is 5. The van der Waals surface area contributed by atoms with Gasteiger partial charge in [0.05, 0.1) is 0 Å². The number of rotatable bonds is 9. The van der Waals surface area contributed by atoms with Crippen molar-refractivity contribution in [2.24, 2.45) is 10.7 Å². The predicted molar refractivity (Wildman–Crippen MR) is 117 cm³/mol. The van der Waals surface area contributed by atoms with Gasteiger partial charge >= 0.3 is 0 Å². The van der Waals surface area contributed by atoms with Crippen LogP contribution in [0.4, 0.5) is 5.69 Å². The Bertz CT molecular complexity index is 868. The number of hydrogen-bond donors (Lipinski definition) is 3. The summed E-state index contributed by atoms with van der Waals surface area (Å²) < 4.78 is 5.72. The standard InChI is InChI=1S/C22H27ClN4O2/c1-15-21(24)27-19-13-16(5-10-20(19)29-15)14-25-11-3-2-4-12-26-22(28)17-6-8-18(23)9-7-17/h5-10,13,15,25H,2-4,11-12,14H2,1H3,(H2,24,27)(H,26,28). The second kappa shape index (κ2) is 10.3. The number of benzene rings is 2. The molecule has 1 heterocycles. The molecule has 0 aromatic heterocycles. The van der Waals surface area contributed by atoms with Crippen molar-refractivity contribution in [3.63, 3.8) is 0 Å². The van der Waals surface area contributed by atoms with Gasteiger partial charge in [-0.25, -0.2) is 4.99 Å². The summed E-state index contributed by atoms with van der Waals surface area (Å²) in [6.45, 7) is 4.25. The van der Waals surface area contributed by atoms with Gasteiger partial charge in [-0.15, -0.1) is 0 Å². The number of ether oxygens (including phenoxy) is 1. The second-order valence-corrected chi connectivity index (χ2v) is 7.54. The lowest BCUT2D eigenvalue weighted by Gasteiger charge is -2.21. The lowest BCUT2D eigenvalue weighted by Crippen LogP contribution is -2.33. The molecule has 3 rings (SSSR count). The quantitative estimate of drug-likeness (QED) is 0.544. The third-order valence-corrected chi connectivity index (χ3v) is 5.00. The molecule has 2 aromatic carbocycles. The monoisotopic (exact) mass is 414 g/mol. The third kappa shape index (κ3) is 6.21. The number of carbonyl (C=O) groups is 1. The second-order valence-electron chi connectivity index (χ2n) is 7.10. The van der Waals surface area contributed by atoms with E-state index in [0.717, 1.165) is 49.4 Å². The van der Waals surface area contributed by atoms with Gasteiger partial charge < -0.3 is 21.1 Å². The first-order chi connectivity index (χ1) is 14.0. The Morgan fingerprint density at radius 2 is 1.90 bits per heavy atom. The lowest BCUT2D eigenvalue weighted by atomic mass is 10.1. The van der Waals surface area contributed by atoms with Crippen LogP contribution in [0.5, 0.6) is 5.75 Å². The molecule has 1 aliphatic rings. The number of aliphatic imine (C=N–C) groups is 1. The number of amidine groups is 1. The van der Waals surface area contributed by atoms with Crippen LogP contribution < -0.4 is 21.1 Å². The van der Waals surface area contributed by atoms with Gasteiger partial charge in [-0.1, -0.05) is 24.1 Å². The molecule has 0 fully saturated rings. The van der Waals surface area contributed by atoms with Crippen LogP contribution >= 0.6 is 11.6 Å². The summed E-state index contributed by atoms with van der Waals surface area (Å²) in [7, 11) is 0. The molecule has 154 valence electrons. The van der Waals surface area contributed by atoms with E-state index >= 15 is 0 Å². The largest absolute Gasteiger partial charge is 0.481 e. The molecule has 2 aromatic rings. The molecule has 0 radical (unpaired) electrons. The Morgan fingerprint density at radius 3 is 2.69 bits per heavy atom. The van der Waals surface area contributed by atoms with Gasteiger partial charge in [-0.2, -0.15) is 0 Å². The van der Waals surface area contributed by atoms with Crippen molar-refractivity contribution in [2.45, 2.75) is 38.8 Å². The molecule has 0 spiro atoms. The molecule has 6 nitrogen and oxygen atoms in total. The molecule has 29 heavy (non-hydrogen) atoms. The zero-order chi connectivity index (χ0) is 20.6. The van der Waals surface area contributed by atoms with Crippen LogP contribution in [0.15, 0.2) is 47.5 Å². The maximum absolute atomic E-state index is 12.0. The van der Waals surface area contributed by atoms with Crippen LogP contribution in [0.3, 0.4) is 0 Å². The smallest absolute Gasteiger partial charge is 0.251 e. The molecule has 0 bridgehead atoms. The van der Waals surface area contributed by atoms with Crippen LogP contribution in [0.25, 0.3) is 0 Å². The van der Waals surface area contributed by atoms with E-state index in [9.17, 15) is 4.79 Å². The molecule has 1 atom stereocenters. The van der Waals surface area contributed by atoms with E-state index in [2.05, 4.69) is 15.6 Å². The Labute approximate surface area is 176 Å². The van der Waals surface area contributed by atoms with E-state index in [4.69, 9.17) is 22.1 Å². The number of nitrogens with two attached hydrogens (primary N) is 1. The van der Waals surface area contributed by atoms with Gasteiger partial charge in [-0.05, 0) is 68.3 Å². The molecule has 0 aliphatic carbocycles. The van der Waals surface area contributed by atoms with Gasteiger partial charge in [0.1, 0.15) is 17.3 Å². The summed E-state index contributed by atoms with van der Waals surface area (Å²) in [5, 5.41) is 7.00. The first-order valence-corrected chi connectivity index (χ1v) is 10.3. The minimum Gasteiger partial charge on any atom is -0.481 e.